The van der Waals surface area contributed by atoms with Crippen LogP contribution >= 0.6 is 0 Å². The zero-order valence-electron chi connectivity index (χ0n) is 14.4. The smallest absolute Gasteiger partial charge is 0.316 e. The van der Waals surface area contributed by atoms with Gasteiger partial charge < -0.3 is 9.64 Å². The van der Waals surface area contributed by atoms with Crippen molar-refractivity contribution in [2.24, 2.45) is 5.41 Å². The topological polar surface area (TPSA) is 38.2 Å². The summed E-state index contributed by atoms with van der Waals surface area (Å²) < 4.78 is 5.01. The molecule has 1 unspecified atom stereocenters. The normalized spacial score (nSPS) is 22.1. The van der Waals surface area contributed by atoms with Gasteiger partial charge in [-0.3, -0.25) is 0 Å². The van der Waals surface area contributed by atoms with Crippen LogP contribution in [0.25, 0.3) is 0 Å². The van der Waals surface area contributed by atoms with Gasteiger partial charge in [0.1, 0.15) is 0 Å². The van der Waals surface area contributed by atoms with Crippen LogP contribution in [0.4, 0.5) is 0 Å². The Balaban J connectivity index is 1.71. The number of aromatic nitrogens is 2. The van der Waals surface area contributed by atoms with E-state index in [-0.39, 0.29) is 5.41 Å². The summed E-state index contributed by atoms with van der Waals surface area (Å²) in [7, 11) is 3.75. The first kappa shape index (κ1) is 15.9. The summed E-state index contributed by atoms with van der Waals surface area (Å²) in [5.41, 5.74) is 3.15. The molecule has 0 saturated heterocycles. The summed E-state index contributed by atoms with van der Waals surface area (Å²) in [6.45, 7) is 6.61. The molecule has 1 aromatic heterocycles. The highest BCUT2D eigenvalue weighted by Gasteiger charge is 2.61. The van der Waals surface area contributed by atoms with Crippen LogP contribution in [0.15, 0.2) is 42.7 Å². The third kappa shape index (κ3) is 3.08. The highest BCUT2D eigenvalue weighted by Crippen LogP contribution is 2.64. The molecule has 1 saturated carbocycles. The largest absolute Gasteiger partial charge is 0.467 e. The number of hydrogen-bond acceptors (Lipinski definition) is 4. The van der Waals surface area contributed by atoms with Crippen molar-refractivity contribution < 1.29 is 4.74 Å². The second-order valence-electron chi connectivity index (χ2n) is 7.26. The molecule has 1 aliphatic carbocycles. The minimum Gasteiger partial charge on any atom is -0.467 e. The highest BCUT2D eigenvalue weighted by atomic mass is 16.5. The van der Waals surface area contributed by atoms with Gasteiger partial charge in [0.05, 0.1) is 7.11 Å². The lowest BCUT2D eigenvalue weighted by Gasteiger charge is -2.27. The summed E-state index contributed by atoms with van der Waals surface area (Å²) in [5, 5.41) is 0. The lowest BCUT2D eigenvalue weighted by atomic mass is 9.87. The summed E-state index contributed by atoms with van der Waals surface area (Å²) >= 11 is 0. The first-order valence-electron chi connectivity index (χ1n) is 8.06. The molecule has 1 atom stereocenters. The van der Waals surface area contributed by atoms with Gasteiger partial charge in [0.25, 0.3) is 0 Å². The van der Waals surface area contributed by atoms with Gasteiger partial charge in [0, 0.05) is 36.5 Å². The Morgan fingerprint density at radius 3 is 2.26 bits per heavy atom. The van der Waals surface area contributed by atoms with Crippen molar-refractivity contribution in [2.75, 3.05) is 20.7 Å². The third-order valence-electron chi connectivity index (χ3n) is 5.10. The number of methoxy groups -OCH3 is 1. The van der Waals surface area contributed by atoms with Crippen LogP contribution in [0.3, 0.4) is 0 Å². The minimum absolute atomic E-state index is 0.246. The number of rotatable bonds is 6. The number of benzene rings is 1. The number of ether oxygens (including phenoxy) is 1. The maximum absolute atomic E-state index is 5.01. The van der Waals surface area contributed by atoms with Crippen molar-refractivity contribution in [2.45, 2.75) is 32.2 Å². The van der Waals surface area contributed by atoms with Crippen LogP contribution in [-0.4, -0.2) is 35.6 Å². The van der Waals surface area contributed by atoms with Crippen LogP contribution in [0.1, 0.15) is 31.4 Å². The summed E-state index contributed by atoms with van der Waals surface area (Å²) in [6, 6.07) is 11.3. The molecule has 0 radical (unpaired) electrons. The quantitative estimate of drug-likeness (QED) is 0.820. The van der Waals surface area contributed by atoms with E-state index in [0.29, 0.717) is 11.4 Å². The van der Waals surface area contributed by atoms with Crippen LogP contribution in [-0.2, 0) is 12.0 Å². The van der Waals surface area contributed by atoms with Gasteiger partial charge >= 0.3 is 6.01 Å². The Labute approximate surface area is 138 Å². The van der Waals surface area contributed by atoms with Crippen molar-refractivity contribution in [3.05, 3.63) is 53.9 Å². The van der Waals surface area contributed by atoms with Gasteiger partial charge in [0.15, 0.2) is 0 Å². The molecule has 1 aromatic carbocycles. The Kier molecular flexibility index (Phi) is 4.11. The second-order valence-corrected chi connectivity index (χ2v) is 7.26. The Hall–Kier alpha value is -1.94. The van der Waals surface area contributed by atoms with E-state index in [9.17, 15) is 0 Å². The van der Waals surface area contributed by atoms with E-state index in [1.165, 1.54) is 12.0 Å². The van der Waals surface area contributed by atoms with Crippen molar-refractivity contribution in [1.29, 1.82) is 0 Å². The fourth-order valence-electron chi connectivity index (χ4n) is 3.68. The molecule has 4 nitrogen and oxygen atoms in total. The molecule has 1 fully saturated rings. The fourth-order valence-corrected chi connectivity index (χ4v) is 3.68. The molecular weight excluding hydrogens is 286 g/mol. The fraction of sp³-hybridized carbons (Fsp3) is 0.474. The van der Waals surface area contributed by atoms with Crippen molar-refractivity contribution in [1.82, 2.24) is 14.9 Å². The highest BCUT2D eigenvalue weighted by molar-refractivity contribution is 5.37. The van der Waals surface area contributed by atoms with Gasteiger partial charge in [-0.05, 0) is 24.4 Å². The van der Waals surface area contributed by atoms with Crippen molar-refractivity contribution >= 4 is 0 Å². The lowest BCUT2D eigenvalue weighted by molar-refractivity contribution is 0.270. The lowest BCUT2D eigenvalue weighted by Crippen LogP contribution is -2.32. The zero-order chi connectivity index (χ0) is 16.5. The molecule has 2 aromatic rings. The molecule has 0 amide bonds. The molecule has 0 spiro atoms. The van der Waals surface area contributed by atoms with Gasteiger partial charge in [-0.25, -0.2) is 9.97 Å². The van der Waals surface area contributed by atoms with E-state index >= 15 is 0 Å². The van der Waals surface area contributed by atoms with Crippen LogP contribution < -0.4 is 4.74 Å². The molecule has 1 heterocycles. The third-order valence-corrected chi connectivity index (χ3v) is 5.10. The Morgan fingerprint density at radius 2 is 1.74 bits per heavy atom. The molecule has 4 heteroatoms. The molecule has 0 N–H and O–H groups in total. The average molecular weight is 311 g/mol. The maximum Gasteiger partial charge on any atom is 0.316 e. The molecule has 0 bridgehead atoms. The van der Waals surface area contributed by atoms with E-state index in [1.807, 2.05) is 12.4 Å². The van der Waals surface area contributed by atoms with E-state index in [2.05, 4.69) is 66.1 Å². The van der Waals surface area contributed by atoms with Gasteiger partial charge in [-0.1, -0.05) is 44.2 Å². The standard InChI is InChI=1S/C19H25N3O/c1-18(2)13-19(18,16-8-6-5-7-9-16)14-22(3)12-15-10-20-17(23-4)21-11-15/h5-11H,12-14H2,1-4H3. The van der Waals surface area contributed by atoms with Gasteiger partial charge in [-0.15, -0.1) is 0 Å². The predicted molar refractivity (Wildman–Crippen MR) is 91.4 cm³/mol. The second kappa shape index (κ2) is 5.93. The first-order valence-corrected chi connectivity index (χ1v) is 8.06. The Morgan fingerprint density at radius 1 is 1.13 bits per heavy atom. The summed E-state index contributed by atoms with van der Waals surface area (Å²) in [5.74, 6) is 0. The number of likely N-dealkylation sites (N-methyl/N-ethyl adjacent to an activating group) is 1. The predicted octanol–water partition coefficient (Wildman–Crippen LogP) is 3.28. The van der Waals surface area contributed by atoms with Crippen LogP contribution in [0, 0.1) is 5.41 Å². The maximum atomic E-state index is 5.01. The van der Waals surface area contributed by atoms with Crippen molar-refractivity contribution in [3.8, 4) is 6.01 Å². The van der Waals surface area contributed by atoms with E-state index < -0.39 is 0 Å². The van der Waals surface area contributed by atoms with E-state index in [4.69, 9.17) is 4.74 Å². The molecule has 3 rings (SSSR count). The zero-order valence-corrected chi connectivity index (χ0v) is 14.4. The Bertz CT molecular complexity index is 654. The van der Waals surface area contributed by atoms with Crippen LogP contribution in [0.2, 0.25) is 0 Å². The average Bonchev–Trinajstić information content (AvgIpc) is 3.10. The molecule has 122 valence electrons. The monoisotopic (exact) mass is 311 g/mol. The van der Waals surface area contributed by atoms with Crippen LogP contribution in [0.5, 0.6) is 6.01 Å². The number of hydrogen-bond donors (Lipinski definition) is 0. The molecular formula is C19H25N3O. The SMILES string of the molecule is COc1ncc(CN(C)CC2(c3ccccc3)CC2(C)C)cn1. The first-order chi connectivity index (χ1) is 11.0. The summed E-state index contributed by atoms with van der Waals surface area (Å²) in [4.78, 5) is 10.7. The van der Waals surface area contributed by atoms with E-state index in [0.717, 1.165) is 18.7 Å². The molecule has 1 aliphatic rings. The molecule has 23 heavy (non-hydrogen) atoms. The van der Waals surface area contributed by atoms with Gasteiger partial charge in [0.2, 0.25) is 0 Å². The summed E-state index contributed by atoms with van der Waals surface area (Å²) in [6.07, 6.45) is 4.92. The molecule has 0 aliphatic heterocycles. The number of nitrogens with zero attached hydrogens (tertiary/aromatic N) is 3. The minimum atomic E-state index is 0.246. The van der Waals surface area contributed by atoms with Gasteiger partial charge in [-0.2, -0.15) is 0 Å². The van der Waals surface area contributed by atoms with E-state index in [1.54, 1.807) is 7.11 Å². The van der Waals surface area contributed by atoms with Crippen molar-refractivity contribution in [3.63, 3.8) is 0 Å².